The second-order valence-electron chi connectivity index (χ2n) is 7.76. The molecular formula is C25H29N5O4S. The molecule has 4 rings (SSSR count). The third kappa shape index (κ3) is 6.07. The van der Waals surface area contributed by atoms with Crippen LogP contribution in [-0.2, 0) is 4.79 Å². The van der Waals surface area contributed by atoms with Crippen LogP contribution < -0.4 is 29.3 Å². The van der Waals surface area contributed by atoms with Crippen molar-refractivity contribution in [2.24, 2.45) is 0 Å². The summed E-state index contributed by atoms with van der Waals surface area (Å²) >= 11 is 1.36. The highest BCUT2D eigenvalue weighted by atomic mass is 32.2. The monoisotopic (exact) mass is 495 g/mol. The van der Waals surface area contributed by atoms with Crippen molar-refractivity contribution < 1.29 is 19.0 Å². The molecule has 10 heteroatoms. The highest BCUT2D eigenvalue weighted by molar-refractivity contribution is 7.99. The van der Waals surface area contributed by atoms with E-state index in [0.717, 1.165) is 48.5 Å². The van der Waals surface area contributed by atoms with Gasteiger partial charge in [0.15, 0.2) is 0 Å². The molecule has 35 heavy (non-hydrogen) atoms. The SMILES string of the molecule is COc1ccc(OC)c(NC(=O)CSc2cc(N3CCN(c4ccccc4OC)CC3)ncn2)c1. The van der Waals surface area contributed by atoms with E-state index in [1.54, 1.807) is 45.9 Å². The fourth-order valence-electron chi connectivity index (χ4n) is 3.89. The van der Waals surface area contributed by atoms with E-state index in [9.17, 15) is 4.79 Å². The van der Waals surface area contributed by atoms with Gasteiger partial charge in [-0.1, -0.05) is 23.9 Å². The number of thioether (sulfide) groups is 1. The lowest BCUT2D eigenvalue weighted by atomic mass is 10.2. The zero-order valence-electron chi connectivity index (χ0n) is 20.1. The molecule has 0 bridgehead atoms. The molecule has 1 aliphatic rings. The number of hydrogen-bond donors (Lipinski definition) is 1. The van der Waals surface area contributed by atoms with E-state index in [1.807, 2.05) is 24.3 Å². The standard InChI is InChI=1S/C25H29N5O4S/c1-32-18-8-9-21(33-2)19(14-18)28-24(31)16-35-25-15-23(26-17-27-25)30-12-10-29(11-13-30)20-6-4-5-7-22(20)34-3/h4-9,14-15,17H,10-13,16H2,1-3H3,(H,28,31). The Morgan fingerprint density at radius 3 is 2.40 bits per heavy atom. The summed E-state index contributed by atoms with van der Waals surface area (Å²) in [6, 6.07) is 15.3. The number of ether oxygens (including phenoxy) is 3. The molecule has 1 amide bonds. The topological polar surface area (TPSA) is 89.1 Å². The lowest BCUT2D eigenvalue weighted by molar-refractivity contribution is -0.113. The Hall–Kier alpha value is -3.66. The number of anilines is 3. The van der Waals surface area contributed by atoms with Crippen LogP contribution in [0.3, 0.4) is 0 Å². The van der Waals surface area contributed by atoms with Gasteiger partial charge in [-0.05, 0) is 24.3 Å². The van der Waals surface area contributed by atoms with Gasteiger partial charge in [0.1, 0.15) is 34.4 Å². The first-order valence-electron chi connectivity index (χ1n) is 11.2. The van der Waals surface area contributed by atoms with Crippen LogP contribution in [0.5, 0.6) is 17.2 Å². The summed E-state index contributed by atoms with van der Waals surface area (Å²) in [6.07, 6.45) is 1.55. The number of nitrogens with zero attached hydrogens (tertiary/aromatic N) is 4. The van der Waals surface area contributed by atoms with Crippen molar-refractivity contribution in [2.75, 3.05) is 68.4 Å². The van der Waals surface area contributed by atoms with Crippen LogP contribution in [0.2, 0.25) is 0 Å². The first-order valence-corrected chi connectivity index (χ1v) is 12.2. The van der Waals surface area contributed by atoms with Gasteiger partial charge in [0.25, 0.3) is 0 Å². The summed E-state index contributed by atoms with van der Waals surface area (Å²) in [7, 11) is 4.84. The van der Waals surface area contributed by atoms with Crippen LogP contribution in [0.15, 0.2) is 59.9 Å². The van der Waals surface area contributed by atoms with Gasteiger partial charge < -0.3 is 29.3 Å². The summed E-state index contributed by atoms with van der Waals surface area (Å²) in [5, 5.41) is 3.63. The molecule has 3 aromatic rings. The van der Waals surface area contributed by atoms with Gasteiger partial charge in [-0.15, -0.1) is 0 Å². The molecule has 1 aromatic heterocycles. The average molecular weight is 496 g/mol. The lowest BCUT2D eigenvalue weighted by Gasteiger charge is -2.37. The number of rotatable bonds is 9. The maximum absolute atomic E-state index is 12.6. The Balaban J connectivity index is 1.33. The highest BCUT2D eigenvalue weighted by Gasteiger charge is 2.21. The number of aromatic nitrogens is 2. The Kier molecular flexibility index (Phi) is 8.15. The van der Waals surface area contributed by atoms with Crippen LogP contribution in [0.25, 0.3) is 0 Å². The normalized spacial score (nSPS) is 13.3. The Morgan fingerprint density at radius 2 is 1.66 bits per heavy atom. The summed E-state index contributed by atoms with van der Waals surface area (Å²) in [5.41, 5.74) is 1.67. The van der Waals surface area contributed by atoms with Gasteiger partial charge >= 0.3 is 0 Å². The second-order valence-corrected chi connectivity index (χ2v) is 8.76. The molecule has 1 aliphatic heterocycles. The van der Waals surface area contributed by atoms with Crippen molar-refractivity contribution in [1.29, 1.82) is 0 Å². The number of piperazine rings is 1. The number of nitrogens with one attached hydrogen (secondary N) is 1. The van der Waals surface area contributed by atoms with Gasteiger partial charge in [-0.2, -0.15) is 0 Å². The molecule has 0 unspecified atom stereocenters. The first kappa shape index (κ1) is 24.5. The molecule has 9 nitrogen and oxygen atoms in total. The van der Waals surface area contributed by atoms with E-state index in [1.165, 1.54) is 11.8 Å². The Morgan fingerprint density at radius 1 is 0.914 bits per heavy atom. The van der Waals surface area contributed by atoms with E-state index in [4.69, 9.17) is 14.2 Å². The number of benzene rings is 2. The molecule has 184 valence electrons. The zero-order valence-corrected chi connectivity index (χ0v) is 20.9. The number of amides is 1. The lowest BCUT2D eigenvalue weighted by Crippen LogP contribution is -2.47. The molecular weight excluding hydrogens is 466 g/mol. The number of carbonyl (C=O) groups excluding carboxylic acids is 1. The summed E-state index contributed by atoms with van der Waals surface area (Å²) in [6.45, 7) is 3.37. The van der Waals surface area contributed by atoms with E-state index < -0.39 is 0 Å². The maximum Gasteiger partial charge on any atom is 0.234 e. The predicted molar refractivity (Wildman–Crippen MR) is 138 cm³/mol. The fourth-order valence-corrected chi connectivity index (χ4v) is 4.55. The van der Waals surface area contributed by atoms with Crippen LogP contribution in [0, 0.1) is 0 Å². The molecule has 0 radical (unpaired) electrons. The van der Waals surface area contributed by atoms with E-state index in [0.29, 0.717) is 17.2 Å². The first-order chi connectivity index (χ1) is 17.1. The number of para-hydroxylation sites is 2. The Labute approximate surface area is 209 Å². The molecule has 0 spiro atoms. The minimum atomic E-state index is -0.160. The molecule has 1 fully saturated rings. The van der Waals surface area contributed by atoms with Crippen LogP contribution >= 0.6 is 11.8 Å². The van der Waals surface area contributed by atoms with Crippen molar-refractivity contribution in [1.82, 2.24) is 9.97 Å². The third-order valence-electron chi connectivity index (χ3n) is 5.69. The minimum Gasteiger partial charge on any atom is -0.497 e. The average Bonchev–Trinajstić information content (AvgIpc) is 2.92. The predicted octanol–water partition coefficient (Wildman–Crippen LogP) is 3.56. The minimum absolute atomic E-state index is 0.160. The molecule has 1 N–H and O–H groups in total. The van der Waals surface area contributed by atoms with Crippen molar-refractivity contribution in [2.45, 2.75) is 5.03 Å². The maximum atomic E-state index is 12.6. The van der Waals surface area contributed by atoms with Crippen molar-refractivity contribution in [3.05, 3.63) is 54.9 Å². The molecule has 0 atom stereocenters. The number of methoxy groups -OCH3 is 3. The van der Waals surface area contributed by atoms with Crippen molar-refractivity contribution in [3.63, 3.8) is 0 Å². The van der Waals surface area contributed by atoms with Crippen molar-refractivity contribution in [3.8, 4) is 17.2 Å². The second kappa shape index (κ2) is 11.7. The van der Waals surface area contributed by atoms with E-state index >= 15 is 0 Å². The quantitative estimate of drug-likeness (QED) is 0.354. The van der Waals surface area contributed by atoms with Gasteiger partial charge in [-0.25, -0.2) is 9.97 Å². The molecule has 1 saturated heterocycles. The van der Waals surface area contributed by atoms with Crippen LogP contribution in [0.1, 0.15) is 0 Å². The Bertz CT molecular complexity index is 1150. The van der Waals surface area contributed by atoms with Crippen molar-refractivity contribution >= 4 is 34.9 Å². The van der Waals surface area contributed by atoms with Gasteiger partial charge in [0.2, 0.25) is 5.91 Å². The highest BCUT2D eigenvalue weighted by Crippen LogP contribution is 2.31. The zero-order chi connectivity index (χ0) is 24.6. The molecule has 0 saturated carbocycles. The fraction of sp³-hybridized carbons (Fsp3) is 0.320. The molecule has 0 aliphatic carbocycles. The van der Waals surface area contributed by atoms with E-state index in [2.05, 4.69) is 31.2 Å². The van der Waals surface area contributed by atoms with Crippen LogP contribution in [0.4, 0.5) is 17.2 Å². The van der Waals surface area contributed by atoms with E-state index in [-0.39, 0.29) is 11.7 Å². The molecule has 2 heterocycles. The summed E-state index contributed by atoms with van der Waals surface area (Å²) in [5.74, 6) is 3.00. The van der Waals surface area contributed by atoms with Gasteiger partial charge in [0, 0.05) is 38.3 Å². The van der Waals surface area contributed by atoms with Gasteiger partial charge in [0.05, 0.1) is 38.5 Å². The third-order valence-corrected chi connectivity index (χ3v) is 6.61. The van der Waals surface area contributed by atoms with Gasteiger partial charge in [-0.3, -0.25) is 4.79 Å². The molecule has 2 aromatic carbocycles. The smallest absolute Gasteiger partial charge is 0.234 e. The largest absolute Gasteiger partial charge is 0.497 e. The summed E-state index contributed by atoms with van der Waals surface area (Å²) in [4.78, 5) is 25.9. The number of carbonyl (C=O) groups is 1. The van der Waals surface area contributed by atoms with Crippen LogP contribution in [-0.4, -0.2) is 69.1 Å². The summed E-state index contributed by atoms with van der Waals surface area (Å²) < 4.78 is 16.1. The number of hydrogen-bond acceptors (Lipinski definition) is 9.